The quantitative estimate of drug-likeness (QED) is 0.636. The Morgan fingerprint density at radius 3 is 2.76 bits per heavy atom. The molecule has 0 saturated heterocycles. The third kappa shape index (κ3) is 3.55. The van der Waals surface area contributed by atoms with Gasteiger partial charge in [-0.15, -0.1) is 11.3 Å². The first-order valence-corrected chi connectivity index (χ1v) is 7.68. The van der Waals surface area contributed by atoms with Gasteiger partial charge in [0, 0.05) is 36.0 Å². The number of nitrogens with two attached hydrogens (primary N) is 1. The van der Waals surface area contributed by atoms with E-state index in [-0.39, 0.29) is 5.84 Å². The Hall–Kier alpha value is -2.01. The zero-order valence-electron chi connectivity index (χ0n) is 12.6. The molecule has 21 heavy (non-hydrogen) atoms. The number of ether oxygens (including phenoxy) is 1. The fourth-order valence-electron chi connectivity index (χ4n) is 2.25. The van der Waals surface area contributed by atoms with Gasteiger partial charge in [0.25, 0.3) is 0 Å². The van der Waals surface area contributed by atoms with Gasteiger partial charge in [0.05, 0.1) is 12.8 Å². The van der Waals surface area contributed by atoms with E-state index in [1.807, 2.05) is 25.2 Å². The van der Waals surface area contributed by atoms with Gasteiger partial charge in [0.1, 0.15) is 11.6 Å². The summed E-state index contributed by atoms with van der Waals surface area (Å²) in [7, 11) is 3.67. The molecule has 1 heterocycles. The smallest absolute Gasteiger partial charge is 0.124 e. The largest absolute Gasteiger partial charge is 0.497 e. The van der Waals surface area contributed by atoms with Crippen LogP contribution in [0.3, 0.4) is 0 Å². The molecule has 0 saturated carbocycles. The van der Waals surface area contributed by atoms with Crippen molar-refractivity contribution in [2.45, 2.75) is 19.4 Å². The van der Waals surface area contributed by atoms with Crippen LogP contribution in [0, 0.1) is 5.41 Å². The number of rotatable bonds is 6. The van der Waals surface area contributed by atoms with Crippen LogP contribution in [-0.4, -0.2) is 26.0 Å². The van der Waals surface area contributed by atoms with Gasteiger partial charge in [-0.25, -0.2) is 0 Å². The molecule has 0 spiro atoms. The summed E-state index contributed by atoms with van der Waals surface area (Å²) >= 11 is 1.76. The van der Waals surface area contributed by atoms with Gasteiger partial charge >= 0.3 is 0 Å². The van der Waals surface area contributed by atoms with Crippen molar-refractivity contribution in [3.8, 4) is 5.75 Å². The molecule has 3 N–H and O–H groups in total. The number of likely N-dealkylation sites (N-methyl/N-ethyl adjacent to an activating group) is 1. The van der Waals surface area contributed by atoms with Gasteiger partial charge < -0.3 is 15.4 Å². The average molecular weight is 303 g/mol. The van der Waals surface area contributed by atoms with E-state index in [0.717, 1.165) is 23.4 Å². The molecule has 0 aliphatic carbocycles. The lowest BCUT2D eigenvalue weighted by molar-refractivity contribution is 0.414. The Kier molecular flexibility index (Phi) is 4.85. The number of hydrogen-bond donors (Lipinski definition) is 2. The van der Waals surface area contributed by atoms with Crippen molar-refractivity contribution in [3.63, 3.8) is 0 Å². The minimum absolute atomic E-state index is 0.0721. The molecular formula is C16H21N3OS. The molecule has 0 radical (unpaired) electrons. The van der Waals surface area contributed by atoms with Crippen molar-refractivity contribution >= 4 is 22.9 Å². The molecule has 0 amide bonds. The van der Waals surface area contributed by atoms with Crippen LogP contribution in [0.1, 0.15) is 17.4 Å². The summed E-state index contributed by atoms with van der Waals surface area (Å²) in [5, 5.41) is 9.84. The van der Waals surface area contributed by atoms with Crippen LogP contribution >= 0.6 is 11.3 Å². The first-order valence-electron chi connectivity index (χ1n) is 6.80. The van der Waals surface area contributed by atoms with E-state index in [0.29, 0.717) is 6.04 Å². The maximum atomic E-state index is 7.75. The summed E-state index contributed by atoms with van der Waals surface area (Å²) in [5.74, 6) is 0.841. The molecule has 1 atom stereocenters. The second-order valence-electron chi connectivity index (χ2n) is 5.04. The van der Waals surface area contributed by atoms with Crippen LogP contribution in [0.15, 0.2) is 35.7 Å². The van der Waals surface area contributed by atoms with Crippen LogP contribution in [0.5, 0.6) is 5.75 Å². The summed E-state index contributed by atoms with van der Waals surface area (Å²) in [5.41, 5.74) is 7.35. The van der Waals surface area contributed by atoms with Crippen LogP contribution in [-0.2, 0) is 6.42 Å². The van der Waals surface area contributed by atoms with E-state index in [1.54, 1.807) is 18.4 Å². The third-order valence-corrected chi connectivity index (χ3v) is 4.51. The van der Waals surface area contributed by atoms with Gasteiger partial charge in [-0.2, -0.15) is 0 Å². The van der Waals surface area contributed by atoms with Crippen LogP contribution < -0.4 is 15.4 Å². The first kappa shape index (κ1) is 15.4. The maximum Gasteiger partial charge on any atom is 0.124 e. The lowest BCUT2D eigenvalue weighted by Crippen LogP contribution is -2.32. The first-order chi connectivity index (χ1) is 10.0. The summed E-state index contributed by atoms with van der Waals surface area (Å²) < 4.78 is 5.29. The van der Waals surface area contributed by atoms with Gasteiger partial charge in [0.15, 0.2) is 0 Å². The number of nitrogens with one attached hydrogen (secondary N) is 1. The SMILES string of the molecule is COc1ccc(C(=N)N)c(N(C)C(C)Cc2cccs2)c1. The van der Waals surface area contributed by atoms with Crippen molar-refractivity contribution in [2.24, 2.45) is 5.73 Å². The Balaban J connectivity index is 2.27. The molecule has 112 valence electrons. The highest BCUT2D eigenvalue weighted by molar-refractivity contribution is 7.09. The molecule has 4 nitrogen and oxygen atoms in total. The Morgan fingerprint density at radius 1 is 1.43 bits per heavy atom. The highest BCUT2D eigenvalue weighted by Crippen LogP contribution is 2.27. The second-order valence-corrected chi connectivity index (χ2v) is 6.07. The van der Waals surface area contributed by atoms with Gasteiger partial charge in [-0.1, -0.05) is 6.07 Å². The summed E-state index contributed by atoms with van der Waals surface area (Å²) in [6, 6.07) is 10.1. The normalized spacial score (nSPS) is 12.0. The van der Waals surface area contributed by atoms with Gasteiger partial charge in [0.2, 0.25) is 0 Å². The van der Waals surface area contributed by atoms with E-state index in [1.165, 1.54) is 4.88 Å². The standard InChI is InChI=1S/C16H21N3OS/c1-11(9-13-5-4-8-21-13)19(2)15-10-12(20-3)6-7-14(15)16(17)18/h4-8,10-11H,9H2,1-3H3,(H3,17,18). The molecule has 0 fully saturated rings. The predicted molar refractivity (Wildman–Crippen MR) is 89.9 cm³/mol. The number of anilines is 1. The predicted octanol–water partition coefficient (Wildman–Crippen LogP) is 3.11. The topological polar surface area (TPSA) is 62.3 Å². The fourth-order valence-corrected chi connectivity index (χ4v) is 3.08. The summed E-state index contributed by atoms with van der Waals surface area (Å²) in [4.78, 5) is 3.50. The molecule has 0 bridgehead atoms. The molecule has 1 aromatic heterocycles. The number of nitrogen functional groups attached to an aromatic ring is 1. The van der Waals surface area contributed by atoms with Crippen molar-refractivity contribution in [2.75, 3.05) is 19.1 Å². The molecule has 1 unspecified atom stereocenters. The van der Waals surface area contributed by atoms with Crippen molar-refractivity contribution in [1.82, 2.24) is 0 Å². The van der Waals surface area contributed by atoms with Gasteiger partial charge in [-0.05, 0) is 30.5 Å². The van der Waals surface area contributed by atoms with Crippen LogP contribution in [0.25, 0.3) is 0 Å². The molecule has 0 aliphatic heterocycles. The third-order valence-electron chi connectivity index (χ3n) is 3.61. The Labute approximate surface area is 129 Å². The van der Waals surface area contributed by atoms with E-state index in [9.17, 15) is 0 Å². The van der Waals surface area contributed by atoms with Crippen molar-refractivity contribution in [1.29, 1.82) is 5.41 Å². The Bertz CT molecular complexity index is 610. The lowest BCUT2D eigenvalue weighted by Gasteiger charge is -2.29. The number of benzene rings is 1. The minimum Gasteiger partial charge on any atom is -0.497 e. The summed E-state index contributed by atoms with van der Waals surface area (Å²) in [6.07, 6.45) is 0.961. The molecular weight excluding hydrogens is 282 g/mol. The number of methoxy groups -OCH3 is 1. The van der Waals surface area contributed by atoms with E-state index < -0.39 is 0 Å². The lowest BCUT2D eigenvalue weighted by atomic mass is 10.1. The zero-order chi connectivity index (χ0) is 15.4. The monoisotopic (exact) mass is 303 g/mol. The maximum absolute atomic E-state index is 7.75. The average Bonchev–Trinajstić information content (AvgIpc) is 2.98. The number of nitrogens with zero attached hydrogens (tertiary/aromatic N) is 1. The van der Waals surface area contributed by atoms with E-state index in [2.05, 4.69) is 29.3 Å². The Morgan fingerprint density at radius 2 is 2.19 bits per heavy atom. The fraction of sp³-hybridized carbons (Fsp3) is 0.312. The van der Waals surface area contributed by atoms with E-state index in [4.69, 9.17) is 15.9 Å². The van der Waals surface area contributed by atoms with Crippen molar-refractivity contribution in [3.05, 3.63) is 46.2 Å². The molecule has 5 heteroatoms. The minimum atomic E-state index is 0.0721. The molecule has 2 aromatic rings. The zero-order valence-corrected chi connectivity index (χ0v) is 13.4. The van der Waals surface area contributed by atoms with Crippen LogP contribution in [0.4, 0.5) is 5.69 Å². The number of amidine groups is 1. The van der Waals surface area contributed by atoms with Gasteiger partial charge in [-0.3, -0.25) is 5.41 Å². The molecule has 1 aromatic carbocycles. The summed E-state index contributed by atoms with van der Waals surface area (Å²) in [6.45, 7) is 2.17. The highest BCUT2D eigenvalue weighted by Gasteiger charge is 2.17. The number of hydrogen-bond acceptors (Lipinski definition) is 4. The van der Waals surface area contributed by atoms with Crippen LogP contribution in [0.2, 0.25) is 0 Å². The second kappa shape index (κ2) is 6.63. The molecule has 0 aliphatic rings. The number of thiophene rings is 1. The highest BCUT2D eigenvalue weighted by atomic mass is 32.1. The van der Waals surface area contributed by atoms with E-state index >= 15 is 0 Å². The van der Waals surface area contributed by atoms with Crippen molar-refractivity contribution < 1.29 is 4.74 Å². The molecule has 2 rings (SSSR count).